The molecule has 0 saturated carbocycles. The lowest BCUT2D eigenvalue weighted by Gasteiger charge is -2.08. The zero-order valence-electron chi connectivity index (χ0n) is 5.94. The first-order valence-electron chi connectivity index (χ1n) is 2.98. The van der Waals surface area contributed by atoms with Crippen LogP contribution in [-0.2, 0) is 18.1 Å². The summed E-state index contributed by atoms with van der Waals surface area (Å²) in [6, 6.07) is -0.664. The van der Waals surface area contributed by atoms with E-state index in [1.54, 1.807) is 6.92 Å². The van der Waals surface area contributed by atoms with E-state index >= 15 is 0 Å². The maximum absolute atomic E-state index is 11.1. The number of nitrogens with two attached hydrogens (primary N) is 1. The molecule has 64 valence electrons. The molecule has 1 saturated heterocycles. The van der Waals surface area contributed by atoms with E-state index in [9.17, 15) is 4.57 Å². The minimum atomic E-state index is -3.53. The predicted molar refractivity (Wildman–Crippen MR) is 37.1 cm³/mol. The van der Waals surface area contributed by atoms with Crippen LogP contribution in [0.4, 0.5) is 0 Å². The lowest BCUT2D eigenvalue weighted by Crippen LogP contribution is -2.12. The highest BCUT2D eigenvalue weighted by atomic mass is 31.2. The standard InChI is InChI=1S/C4H9N2O4P/c1-3-2-8-11(7,9-3)10-4(5)6/h3H,2H2,1H3,(H3,5,6). The van der Waals surface area contributed by atoms with Gasteiger partial charge < -0.3 is 10.3 Å². The van der Waals surface area contributed by atoms with Crippen molar-refractivity contribution in [2.24, 2.45) is 5.73 Å². The lowest BCUT2D eigenvalue weighted by atomic mass is 10.5. The third-order valence-corrected chi connectivity index (χ3v) is 2.49. The topological polar surface area (TPSA) is 94.6 Å². The summed E-state index contributed by atoms with van der Waals surface area (Å²) in [6.45, 7) is 1.88. The number of amidine groups is 1. The van der Waals surface area contributed by atoms with Gasteiger partial charge in [0.25, 0.3) is 6.02 Å². The smallest absolute Gasteiger partial charge is 0.371 e. The minimum absolute atomic E-state index is 0.199. The summed E-state index contributed by atoms with van der Waals surface area (Å²) < 4.78 is 24.9. The normalized spacial score (nSPS) is 37.0. The van der Waals surface area contributed by atoms with Crippen molar-refractivity contribution in [2.75, 3.05) is 6.61 Å². The van der Waals surface area contributed by atoms with Gasteiger partial charge in [-0.15, -0.1) is 0 Å². The molecule has 0 radical (unpaired) electrons. The van der Waals surface area contributed by atoms with Crippen molar-refractivity contribution in [1.29, 1.82) is 5.41 Å². The molecule has 1 rings (SSSR count). The second-order valence-corrected chi connectivity index (χ2v) is 3.66. The number of rotatable bonds is 1. The van der Waals surface area contributed by atoms with Gasteiger partial charge in [-0.05, 0) is 6.92 Å². The van der Waals surface area contributed by atoms with E-state index in [4.69, 9.17) is 15.7 Å². The van der Waals surface area contributed by atoms with Gasteiger partial charge in [0, 0.05) is 0 Å². The first-order chi connectivity index (χ1) is 5.02. The van der Waals surface area contributed by atoms with Crippen molar-refractivity contribution in [1.82, 2.24) is 0 Å². The molecule has 0 aromatic carbocycles. The van der Waals surface area contributed by atoms with Crippen LogP contribution in [0.3, 0.4) is 0 Å². The zero-order valence-corrected chi connectivity index (χ0v) is 6.84. The Morgan fingerprint density at radius 1 is 1.91 bits per heavy atom. The average Bonchev–Trinajstić information content (AvgIpc) is 2.08. The van der Waals surface area contributed by atoms with Crippen molar-refractivity contribution < 1.29 is 18.1 Å². The van der Waals surface area contributed by atoms with Crippen molar-refractivity contribution in [3.8, 4) is 0 Å². The van der Waals surface area contributed by atoms with Crippen LogP contribution in [0.2, 0.25) is 0 Å². The molecule has 0 amide bonds. The maximum atomic E-state index is 11.1. The summed E-state index contributed by atoms with van der Waals surface area (Å²) >= 11 is 0. The van der Waals surface area contributed by atoms with Crippen LogP contribution >= 0.6 is 7.82 Å². The molecule has 0 aromatic heterocycles. The summed E-state index contributed by atoms with van der Waals surface area (Å²) in [4.78, 5) is 0. The van der Waals surface area contributed by atoms with E-state index in [-0.39, 0.29) is 12.7 Å². The molecule has 2 unspecified atom stereocenters. The molecule has 1 aliphatic heterocycles. The largest absolute Gasteiger partial charge is 0.532 e. The Morgan fingerprint density at radius 2 is 2.55 bits per heavy atom. The zero-order chi connectivity index (χ0) is 8.48. The summed E-state index contributed by atoms with van der Waals surface area (Å²) in [5.41, 5.74) is 4.83. The van der Waals surface area contributed by atoms with Crippen LogP contribution < -0.4 is 5.73 Å². The molecule has 1 heterocycles. The van der Waals surface area contributed by atoms with Gasteiger partial charge in [0.2, 0.25) is 0 Å². The number of phosphoric ester groups is 1. The Morgan fingerprint density at radius 3 is 2.91 bits per heavy atom. The van der Waals surface area contributed by atoms with E-state index in [1.165, 1.54) is 0 Å². The Kier molecular flexibility index (Phi) is 2.17. The maximum Gasteiger partial charge on any atom is 0.532 e. The molecule has 0 bridgehead atoms. The SMILES string of the molecule is CC1COP(=O)(OC(=N)N)O1. The molecule has 0 aromatic rings. The quantitative estimate of drug-likeness (QED) is 0.347. The summed E-state index contributed by atoms with van der Waals surface area (Å²) in [7, 11) is -3.53. The van der Waals surface area contributed by atoms with Gasteiger partial charge in [0.1, 0.15) is 0 Å². The molecule has 11 heavy (non-hydrogen) atoms. The van der Waals surface area contributed by atoms with Gasteiger partial charge in [-0.25, -0.2) is 4.57 Å². The van der Waals surface area contributed by atoms with Gasteiger partial charge in [-0.2, -0.15) is 0 Å². The second kappa shape index (κ2) is 2.81. The molecule has 6 nitrogen and oxygen atoms in total. The first kappa shape index (κ1) is 8.52. The van der Waals surface area contributed by atoms with Gasteiger partial charge in [-0.1, -0.05) is 0 Å². The van der Waals surface area contributed by atoms with Gasteiger partial charge in [0.15, 0.2) is 0 Å². The van der Waals surface area contributed by atoms with E-state index in [2.05, 4.69) is 9.05 Å². The fraction of sp³-hybridized carbons (Fsp3) is 0.750. The van der Waals surface area contributed by atoms with Crippen LogP contribution in [0, 0.1) is 5.41 Å². The molecule has 3 N–H and O–H groups in total. The fourth-order valence-electron chi connectivity index (χ4n) is 0.646. The van der Waals surface area contributed by atoms with Crippen LogP contribution in [0.1, 0.15) is 6.92 Å². The Hall–Kier alpha value is -0.580. The van der Waals surface area contributed by atoms with Crippen LogP contribution in [0.5, 0.6) is 0 Å². The molecule has 7 heteroatoms. The Labute approximate surface area is 63.7 Å². The van der Waals surface area contributed by atoms with Crippen molar-refractivity contribution in [3.05, 3.63) is 0 Å². The number of hydrogen-bond donors (Lipinski definition) is 2. The highest BCUT2D eigenvalue weighted by Crippen LogP contribution is 2.54. The van der Waals surface area contributed by atoms with E-state index in [0.717, 1.165) is 0 Å². The monoisotopic (exact) mass is 180 g/mol. The van der Waals surface area contributed by atoms with Crippen LogP contribution in [0.25, 0.3) is 0 Å². The van der Waals surface area contributed by atoms with Gasteiger partial charge in [0.05, 0.1) is 12.7 Å². The van der Waals surface area contributed by atoms with Crippen LogP contribution in [-0.4, -0.2) is 18.7 Å². The highest BCUT2D eigenvalue weighted by molar-refractivity contribution is 7.49. The van der Waals surface area contributed by atoms with Gasteiger partial charge in [-0.3, -0.25) is 14.5 Å². The van der Waals surface area contributed by atoms with Crippen LogP contribution in [0.15, 0.2) is 0 Å². The lowest BCUT2D eigenvalue weighted by molar-refractivity contribution is 0.231. The molecule has 1 fully saturated rings. The molecule has 0 aliphatic carbocycles. The third kappa shape index (κ3) is 2.18. The molecule has 1 aliphatic rings. The number of hydrogen-bond acceptors (Lipinski definition) is 5. The van der Waals surface area contributed by atoms with E-state index in [1.807, 2.05) is 0 Å². The van der Waals surface area contributed by atoms with E-state index in [0.29, 0.717) is 0 Å². The third-order valence-electron chi connectivity index (χ3n) is 0.987. The van der Waals surface area contributed by atoms with Crippen molar-refractivity contribution >= 4 is 13.8 Å². The molecular weight excluding hydrogens is 171 g/mol. The average molecular weight is 180 g/mol. The first-order valence-corrected chi connectivity index (χ1v) is 4.44. The minimum Gasteiger partial charge on any atom is -0.371 e. The van der Waals surface area contributed by atoms with Crippen molar-refractivity contribution in [2.45, 2.75) is 13.0 Å². The Bertz CT molecular complexity index is 218. The molecule has 2 atom stereocenters. The number of phosphoric acid groups is 1. The van der Waals surface area contributed by atoms with Crippen molar-refractivity contribution in [3.63, 3.8) is 0 Å². The van der Waals surface area contributed by atoms with E-state index < -0.39 is 13.8 Å². The summed E-state index contributed by atoms with van der Waals surface area (Å²) in [5.74, 6) is 0. The summed E-state index contributed by atoms with van der Waals surface area (Å²) in [5, 5.41) is 6.67. The number of nitrogens with one attached hydrogen (secondary N) is 1. The summed E-state index contributed by atoms with van der Waals surface area (Å²) in [6.07, 6.45) is -0.278. The molecular formula is C4H9N2O4P. The second-order valence-electron chi connectivity index (χ2n) is 2.11. The molecule has 0 spiro atoms. The fourth-order valence-corrected chi connectivity index (χ4v) is 1.94. The van der Waals surface area contributed by atoms with Gasteiger partial charge >= 0.3 is 7.82 Å². The predicted octanol–water partition coefficient (Wildman–Crippen LogP) is 0.440. The Balaban J connectivity index is 2.56. The highest BCUT2D eigenvalue weighted by Gasteiger charge is 2.38.